The van der Waals surface area contributed by atoms with Crippen LogP contribution in [-0.2, 0) is 22.6 Å². The topological polar surface area (TPSA) is 64.3 Å². The van der Waals surface area contributed by atoms with E-state index in [1.807, 2.05) is 12.1 Å². The number of rotatable bonds is 8. The number of ether oxygens (including phenoxy) is 1. The third-order valence-corrected chi connectivity index (χ3v) is 6.04. The minimum atomic E-state index is -0.354. The summed E-state index contributed by atoms with van der Waals surface area (Å²) in [6, 6.07) is 16.1. The van der Waals surface area contributed by atoms with E-state index >= 15 is 0 Å². The fourth-order valence-corrected chi connectivity index (χ4v) is 3.99. The molecule has 2 aromatic rings. The minimum Gasteiger partial charge on any atom is -0.465 e. The van der Waals surface area contributed by atoms with Crippen molar-refractivity contribution in [2.45, 2.75) is 32.9 Å². The lowest BCUT2D eigenvalue weighted by molar-refractivity contribution is -1.02. The van der Waals surface area contributed by atoms with Gasteiger partial charge in [0.05, 0.1) is 12.7 Å². The quantitative estimate of drug-likeness (QED) is 0.530. The average Bonchev–Trinajstić information content (AvgIpc) is 2.79. The molecule has 3 N–H and O–H groups in total. The van der Waals surface area contributed by atoms with E-state index < -0.39 is 0 Å². The van der Waals surface area contributed by atoms with Crippen LogP contribution in [0.3, 0.4) is 0 Å². The number of methoxy groups -OCH3 is 1. The second-order valence-corrected chi connectivity index (χ2v) is 8.72. The Balaban J connectivity index is 1.37. The second-order valence-electron chi connectivity index (χ2n) is 8.72. The molecule has 0 aromatic heterocycles. The molecule has 0 radical (unpaired) electrons. The number of carbonyl (C=O) groups excluding carboxylic acids is 2. The van der Waals surface area contributed by atoms with Crippen molar-refractivity contribution in [3.63, 3.8) is 0 Å². The Kier molecular flexibility index (Phi) is 8.20. The monoisotopic (exact) mass is 425 g/mol. The third-order valence-electron chi connectivity index (χ3n) is 6.04. The highest BCUT2D eigenvalue weighted by molar-refractivity contribution is 5.89. The number of carbonyl (C=O) groups is 2. The van der Waals surface area contributed by atoms with Crippen LogP contribution in [0.25, 0.3) is 0 Å². The summed E-state index contributed by atoms with van der Waals surface area (Å²) in [4.78, 5) is 26.8. The van der Waals surface area contributed by atoms with Gasteiger partial charge in [-0.05, 0) is 29.2 Å². The zero-order chi connectivity index (χ0) is 22.2. The summed E-state index contributed by atoms with van der Waals surface area (Å²) in [6.45, 7) is 10.7. The summed E-state index contributed by atoms with van der Waals surface area (Å²) < 4.78 is 4.70. The van der Waals surface area contributed by atoms with Crippen LogP contribution in [0.1, 0.15) is 46.8 Å². The van der Waals surface area contributed by atoms with E-state index in [1.165, 1.54) is 23.1 Å². The first-order valence-corrected chi connectivity index (χ1v) is 11.1. The van der Waals surface area contributed by atoms with E-state index in [4.69, 9.17) is 4.74 Å². The molecular weight excluding hydrogens is 390 g/mol. The van der Waals surface area contributed by atoms with Gasteiger partial charge in [0.2, 0.25) is 0 Å². The van der Waals surface area contributed by atoms with E-state index in [0.29, 0.717) is 24.6 Å². The van der Waals surface area contributed by atoms with Crippen molar-refractivity contribution in [2.75, 3.05) is 39.8 Å². The minimum absolute atomic E-state index is 0.0692. The number of benzene rings is 2. The maximum Gasteiger partial charge on any atom is 0.337 e. The largest absolute Gasteiger partial charge is 0.465 e. The Hall–Kier alpha value is -2.70. The van der Waals surface area contributed by atoms with Crippen molar-refractivity contribution in [3.05, 3.63) is 70.8 Å². The number of hydrogen-bond donors (Lipinski definition) is 3. The van der Waals surface area contributed by atoms with Crippen LogP contribution in [-0.4, -0.2) is 51.7 Å². The van der Waals surface area contributed by atoms with Crippen LogP contribution < -0.4 is 15.1 Å². The smallest absolute Gasteiger partial charge is 0.337 e. The second kappa shape index (κ2) is 11.1. The first kappa shape index (κ1) is 23.0. The van der Waals surface area contributed by atoms with Crippen molar-refractivity contribution < 1.29 is 24.1 Å². The van der Waals surface area contributed by atoms with Crippen LogP contribution >= 0.6 is 0 Å². The van der Waals surface area contributed by atoms with Gasteiger partial charge in [-0.1, -0.05) is 50.2 Å². The van der Waals surface area contributed by atoms with Crippen LogP contribution in [0.2, 0.25) is 0 Å². The Morgan fingerprint density at radius 1 is 0.903 bits per heavy atom. The van der Waals surface area contributed by atoms with Crippen molar-refractivity contribution in [3.8, 4) is 0 Å². The number of piperazine rings is 1. The van der Waals surface area contributed by atoms with Crippen molar-refractivity contribution in [1.29, 1.82) is 0 Å². The lowest BCUT2D eigenvalue weighted by Crippen LogP contribution is -3.28. The average molecular weight is 426 g/mol. The summed E-state index contributed by atoms with van der Waals surface area (Å²) >= 11 is 0. The van der Waals surface area contributed by atoms with Gasteiger partial charge in [0.15, 0.2) is 6.54 Å². The van der Waals surface area contributed by atoms with Crippen LogP contribution in [0.15, 0.2) is 48.5 Å². The summed E-state index contributed by atoms with van der Waals surface area (Å²) in [5, 5.41) is 2.99. The predicted molar refractivity (Wildman–Crippen MR) is 120 cm³/mol. The van der Waals surface area contributed by atoms with Crippen molar-refractivity contribution in [1.82, 2.24) is 5.32 Å². The van der Waals surface area contributed by atoms with Gasteiger partial charge < -0.3 is 19.9 Å². The molecular formula is C25H35N3O3+2. The van der Waals surface area contributed by atoms with E-state index in [1.54, 1.807) is 17.0 Å². The molecule has 0 bridgehead atoms. The molecule has 1 aliphatic rings. The molecule has 0 unspecified atom stereocenters. The number of hydrogen-bond acceptors (Lipinski definition) is 3. The van der Waals surface area contributed by atoms with E-state index in [2.05, 4.69) is 43.4 Å². The van der Waals surface area contributed by atoms with Crippen LogP contribution in [0.5, 0.6) is 0 Å². The van der Waals surface area contributed by atoms with Gasteiger partial charge in [0.1, 0.15) is 32.7 Å². The molecule has 166 valence electrons. The molecule has 31 heavy (non-hydrogen) atoms. The van der Waals surface area contributed by atoms with Gasteiger partial charge in [-0.2, -0.15) is 0 Å². The first-order chi connectivity index (χ1) is 14.9. The van der Waals surface area contributed by atoms with Gasteiger partial charge in [0.25, 0.3) is 5.91 Å². The fraction of sp³-hybridized carbons (Fsp3) is 0.440. The molecule has 1 heterocycles. The number of nitrogens with one attached hydrogen (secondary N) is 3. The number of quaternary nitrogens is 2. The first-order valence-electron chi connectivity index (χ1n) is 11.1. The molecule has 1 aliphatic heterocycles. The molecule has 0 atom stereocenters. The molecule has 1 saturated heterocycles. The van der Waals surface area contributed by atoms with Crippen LogP contribution in [0, 0.1) is 0 Å². The third kappa shape index (κ3) is 6.91. The highest BCUT2D eigenvalue weighted by atomic mass is 16.5. The summed E-state index contributed by atoms with van der Waals surface area (Å²) in [6.07, 6.45) is 0. The zero-order valence-corrected chi connectivity index (χ0v) is 18.9. The van der Waals surface area contributed by atoms with Gasteiger partial charge >= 0.3 is 5.97 Å². The fourth-order valence-electron chi connectivity index (χ4n) is 3.99. The predicted octanol–water partition coefficient (Wildman–Crippen LogP) is 0.196. The maximum atomic E-state index is 12.4. The normalized spacial score (nSPS) is 18.6. The Bertz CT molecular complexity index is 855. The highest BCUT2D eigenvalue weighted by Gasteiger charge is 2.24. The maximum absolute atomic E-state index is 12.4. The van der Waals surface area contributed by atoms with Gasteiger partial charge in [0, 0.05) is 12.1 Å². The van der Waals surface area contributed by atoms with E-state index in [9.17, 15) is 9.59 Å². The molecule has 2 aromatic carbocycles. The van der Waals surface area contributed by atoms with E-state index in [0.717, 1.165) is 38.3 Å². The lowest BCUT2D eigenvalue weighted by Gasteiger charge is -2.29. The molecule has 6 nitrogen and oxygen atoms in total. The molecule has 3 rings (SSSR count). The summed E-state index contributed by atoms with van der Waals surface area (Å²) in [7, 11) is 1.37. The Morgan fingerprint density at radius 2 is 1.48 bits per heavy atom. The summed E-state index contributed by atoms with van der Waals surface area (Å²) in [5.41, 5.74) is 4.25. The standard InChI is InChI=1S/C25H33N3O3/c1-19(2)22-8-6-21(7-9-22)17-27-12-14-28(15-13-27)18-24(29)26-16-20-4-10-23(11-5-20)25(30)31-3/h4-11,19H,12-18H2,1-3H3,(H,26,29)/p+2. The lowest BCUT2D eigenvalue weighted by atomic mass is 10.0. The van der Waals surface area contributed by atoms with Crippen molar-refractivity contribution in [2.24, 2.45) is 0 Å². The number of esters is 1. The van der Waals surface area contributed by atoms with Gasteiger partial charge in [-0.15, -0.1) is 0 Å². The number of amides is 1. The van der Waals surface area contributed by atoms with Gasteiger partial charge in [-0.25, -0.2) is 4.79 Å². The summed E-state index contributed by atoms with van der Waals surface area (Å²) in [5.74, 6) is 0.284. The molecule has 0 saturated carbocycles. The molecule has 6 heteroatoms. The molecule has 0 aliphatic carbocycles. The molecule has 0 spiro atoms. The van der Waals surface area contributed by atoms with E-state index in [-0.39, 0.29) is 11.9 Å². The highest BCUT2D eigenvalue weighted by Crippen LogP contribution is 2.14. The Labute approximate surface area is 185 Å². The van der Waals surface area contributed by atoms with Crippen LogP contribution in [0.4, 0.5) is 0 Å². The molecule has 1 fully saturated rings. The van der Waals surface area contributed by atoms with Crippen molar-refractivity contribution >= 4 is 11.9 Å². The SMILES string of the molecule is COC(=O)c1ccc(CNC(=O)C[NH+]2CC[NH+](Cc3ccc(C(C)C)cc3)CC2)cc1. The Morgan fingerprint density at radius 3 is 2.06 bits per heavy atom. The van der Waals surface area contributed by atoms with Gasteiger partial charge in [-0.3, -0.25) is 4.79 Å². The zero-order valence-electron chi connectivity index (χ0n) is 18.9. The molecule has 1 amide bonds.